The Morgan fingerprint density at radius 2 is 1.77 bits per heavy atom. The third-order valence-corrected chi connectivity index (χ3v) is 4.81. The Morgan fingerprint density at radius 1 is 1.00 bits per heavy atom. The molecular formula is C18H17NO7. The number of benzene rings is 2. The van der Waals surface area contributed by atoms with E-state index in [1.807, 2.05) is 0 Å². The molecule has 0 amide bonds. The first kappa shape index (κ1) is 16.5. The van der Waals surface area contributed by atoms with Crippen molar-refractivity contribution in [1.82, 2.24) is 0 Å². The first-order chi connectivity index (χ1) is 12.5. The van der Waals surface area contributed by atoms with Crippen LogP contribution < -0.4 is 9.47 Å². The monoisotopic (exact) mass is 359 g/mol. The van der Waals surface area contributed by atoms with E-state index in [1.54, 1.807) is 0 Å². The van der Waals surface area contributed by atoms with Crippen LogP contribution in [-0.2, 0) is 6.42 Å². The highest BCUT2D eigenvalue weighted by Gasteiger charge is 2.35. The van der Waals surface area contributed by atoms with Crippen molar-refractivity contribution < 1.29 is 29.9 Å². The third kappa shape index (κ3) is 2.50. The molecule has 0 spiro atoms. The summed E-state index contributed by atoms with van der Waals surface area (Å²) in [6.45, 7) is 0.343. The number of aliphatic hydroxyl groups is 1. The maximum absolute atomic E-state index is 10.8. The normalized spacial score (nSPS) is 21.1. The fourth-order valence-corrected chi connectivity index (χ4v) is 3.70. The number of phenolic OH excluding ortho intramolecular Hbond substituents is 3. The Kier molecular flexibility index (Phi) is 3.84. The zero-order valence-corrected chi connectivity index (χ0v) is 13.7. The van der Waals surface area contributed by atoms with E-state index < -0.39 is 12.0 Å². The van der Waals surface area contributed by atoms with Crippen molar-refractivity contribution in [2.75, 3.05) is 13.2 Å². The zero-order chi connectivity index (χ0) is 18.4. The molecule has 26 heavy (non-hydrogen) atoms. The van der Waals surface area contributed by atoms with Crippen LogP contribution in [0.15, 0.2) is 23.4 Å². The molecule has 8 heteroatoms. The summed E-state index contributed by atoms with van der Waals surface area (Å²) < 4.78 is 11.2. The molecule has 4 rings (SSSR count). The Balaban J connectivity index is 1.91. The van der Waals surface area contributed by atoms with Crippen LogP contribution in [0.25, 0.3) is 0 Å². The SMILES string of the molecule is O=Nc1cc(O)c2c(c1)OCC[C@H]2c1c(O)cc(O)c2c1OC[C@@H](O)C2. The molecule has 0 unspecified atom stereocenters. The van der Waals surface area contributed by atoms with Crippen LogP contribution >= 0.6 is 0 Å². The molecule has 0 aromatic heterocycles. The number of nitrogens with zero attached hydrogens (tertiary/aromatic N) is 1. The molecule has 0 fully saturated rings. The topological polar surface area (TPSA) is 129 Å². The molecular weight excluding hydrogens is 342 g/mol. The first-order valence-corrected chi connectivity index (χ1v) is 8.21. The predicted molar refractivity (Wildman–Crippen MR) is 90.5 cm³/mol. The van der Waals surface area contributed by atoms with E-state index in [2.05, 4.69) is 5.18 Å². The molecule has 2 atom stereocenters. The second kappa shape index (κ2) is 6.06. The maximum atomic E-state index is 10.8. The number of fused-ring (bicyclic) bond motifs is 2. The van der Waals surface area contributed by atoms with Gasteiger partial charge >= 0.3 is 0 Å². The van der Waals surface area contributed by atoms with Gasteiger partial charge in [0.25, 0.3) is 0 Å². The molecule has 0 bridgehead atoms. The quantitative estimate of drug-likeness (QED) is 0.606. The lowest BCUT2D eigenvalue weighted by Gasteiger charge is -2.32. The lowest BCUT2D eigenvalue weighted by molar-refractivity contribution is 0.0894. The van der Waals surface area contributed by atoms with Gasteiger partial charge in [-0.05, 0) is 11.6 Å². The van der Waals surface area contributed by atoms with E-state index in [9.17, 15) is 25.3 Å². The Labute approximate surface area is 148 Å². The van der Waals surface area contributed by atoms with E-state index in [0.717, 1.165) is 0 Å². The zero-order valence-electron chi connectivity index (χ0n) is 13.7. The van der Waals surface area contributed by atoms with Gasteiger partial charge < -0.3 is 29.9 Å². The molecule has 8 nitrogen and oxygen atoms in total. The molecule has 2 aromatic carbocycles. The van der Waals surface area contributed by atoms with Gasteiger partial charge in [-0.15, -0.1) is 4.91 Å². The molecule has 2 aliphatic rings. The number of rotatable bonds is 2. The number of aliphatic hydroxyl groups excluding tert-OH is 1. The number of phenols is 3. The minimum atomic E-state index is -0.748. The summed E-state index contributed by atoms with van der Waals surface area (Å²) >= 11 is 0. The van der Waals surface area contributed by atoms with E-state index in [0.29, 0.717) is 41.2 Å². The molecule has 0 radical (unpaired) electrons. The largest absolute Gasteiger partial charge is 0.507 e. The number of hydrogen-bond acceptors (Lipinski definition) is 8. The van der Waals surface area contributed by atoms with E-state index in [4.69, 9.17) is 9.47 Å². The molecule has 2 heterocycles. The molecule has 4 N–H and O–H groups in total. The Morgan fingerprint density at radius 3 is 2.54 bits per heavy atom. The van der Waals surface area contributed by atoms with Gasteiger partial charge in [-0.3, -0.25) is 0 Å². The highest BCUT2D eigenvalue weighted by Crippen LogP contribution is 2.52. The maximum Gasteiger partial charge on any atom is 0.133 e. The summed E-state index contributed by atoms with van der Waals surface area (Å²) in [4.78, 5) is 10.8. The van der Waals surface area contributed by atoms with E-state index in [1.165, 1.54) is 18.2 Å². The van der Waals surface area contributed by atoms with E-state index in [-0.39, 0.29) is 36.0 Å². The molecule has 136 valence electrons. The van der Waals surface area contributed by atoms with Gasteiger partial charge in [0, 0.05) is 47.2 Å². The van der Waals surface area contributed by atoms with Crippen LogP contribution in [0.1, 0.15) is 29.0 Å². The Bertz CT molecular complexity index is 896. The van der Waals surface area contributed by atoms with Crippen LogP contribution in [0, 0.1) is 4.91 Å². The first-order valence-electron chi connectivity index (χ1n) is 8.21. The van der Waals surface area contributed by atoms with Gasteiger partial charge in [-0.2, -0.15) is 0 Å². The lowest BCUT2D eigenvalue weighted by atomic mass is 9.82. The summed E-state index contributed by atoms with van der Waals surface area (Å²) in [6.07, 6.45) is -0.0994. The second-order valence-corrected chi connectivity index (χ2v) is 6.46. The summed E-state index contributed by atoms with van der Waals surface area (Å²) in [5.74, 6) is -0.344. The molecule has 0 saturated heterocycles. The highest BCUT2D eigenvalue weighted by atomic mass is 16.5. The van der Waals surface area contributed by atoms with Crippen molar-refractivity contribution in [3.05, 3.63) is 39.8 Å². The predicted octanol–water partition coefficient (Wildman–Crippen LogP) is 2.41. The fourth-order valence-electron chi connectivity index (χ4n) is 3.70. The Hall–Kier alpha value is -3.00. The van der Waals surface area contributed by atoms with Crippen LogP contribution in [0.2, 0.25) is 0 Å². The van der Waals surface area contributed by atoms with Crippen LogP contribution in [0.3, 0.4) is 0 Å². The van der Waals surface area contributed by atoms with Gasteiger partial charge in [-0.25, -0.2) is 0 Å². The second-order valence-electron chi connectivity index (χ2n) is 6.46. The highest BCUT2D eigenvalue weighted by molar-refractivity contribution is 5.65. The molecule has 0 saturated carbocycles. The molecule has 0 aliphatic carbocycles. The van der Waals surface area contributed by atoms with Crippen LogP contribution in [0.4, 0.5) is 5.69 Å². The van der Waals surface area contributed by atoms with Crippen LogP contribution in [-0.4, -0.2) is 39.7 Å². The summed E-state index contributed by atoms with van der Waals surface area (Å²) in [5, 5.41) is 43.6. The van der Waals surface area contributed by atoms with Crippen molar-refractivity contribution in [1.29, 1.82) is 0 Å². The summed E-state index contributed by atoms with van der Waals surface area (Å²) in [5.41, 5.74) is 1.28. The minimum Gasteiger partial charge on any atom is -0.507 e. The number of ether oxygens (including phenoxy) is 2. The van der Waals surface area contributed by atoms with Gasteiger partial charge in [0.1, 0.15) is 41.0 Å². The smallest absolute Gasteiger partial charge is 0.133 e. The third-order valence-electron chi connectivity index (χ3n) is 4.81. The van der Waals surface area contributed by atoms with Crippen molar-refractivity contribution in [2.45, 2.75) is 24.9 Å². The standard InChI is InChI=1S/C18H17NO7/c20-9-5-11-12(21)6-14(23)17(18(11)26-7-9)10-1-2-25-15-4-8(19-24)3-13(22)16(10)15/h3-4,6,9-10,20-23H,1-2,5,7H2/t9-,10+/m0/s1. The number of nitroso groups, excluding NO2 is 1. The average Bonchev–Trinajstić information content (AvgIpc) is 2.62. The summed E-state index contributed by atoms with van der Waals surface area (Å²) in [7, 11) is 0. The van der Waals surface area contributed by atoms with Gasteiger partial charge in [-0.1, -0.05) is 0 Å². The van der Waals surface area contributed by atoms with E-state index >= 15 is 0 Å². The van der Waals surface area contributed by atoms with Gasteiger partial charge in [0.15, 0.2) is 0 Å². The minimum absolute atomic E-state index is 0.0400. The van der Waals surface area contributed by atoms with Crippen molar-refractivity contribution >= 4 is 5.69 Å². The number of hydrogen-bond donors (Lipinski definition) is 4. The average molecular weight is 359 g/mol. The van der Waals surface area contributed by atoms with Gasteiger partial charge in [0.05, 0.1) is 12.7 Å². The molecule has 2 aromatic rings. The molecule has 2 aliphatic heterocycles. The van der Waals surface area contributed by atoms with Gasteiger partial charge in [0.2, 0.25) is 0 Å². The van der Waals surface area contributed by atoms with Crippen molar-refractivity contribution in [2.24, 2.45) is 5.18 Å². The fraction of sp³-hybridized carbons (Fsp3) is 0.333. The van der Waals surface area contributed by atoms with Crippen molar-refractivity contribution in [3.8, 4) is 28.7 Å². The van der Waals surface area contributed by atoms with Crippen LogP contribution in [0.5, 0.6) is 28.7 Å². The number of aromatic hydroxyl groups is 3. The lowest BCUT2D eigenvalue weighted by Crippen LogP contribution is -2.27. The summed E-state index contributed by atoms with van der Waals surface area (Å²) in [6, 6.07) is 3.88. The van der Waals surface area contributed by atoms with Crippen molar-refractivity contribution in [3.63, 3.8) is 0 Å².